The topological polar surface area (TPSA) is 69.3 Å². The minimum Gasteiger partial charge on any atom is -0.395 e. The van der Waals surface area contributed by atoms with Gasteiger partial charge in [0.15, 0.2) is 0 Å². The molecule has 0 aromatic carbocycles. The second-order valence-corrected chi connectivity index (χ2v) is 8.91. The Morgan fingerprint density at radius 2 is 1.89 bits per heavy atom. The Morgan fingerprint density at radius 1 is 1.21 bits per heavy atom. The zero-order valence-corrected chi connectivity index (χ0v) is 24.8. The predicted octanol–water partition coefficient (Wildman–Crippen LogP) is 7.66. The Labute approximate surface area is 233 Å². The first kappa shape index (κ1) is 37.7. The number of halogens is 1. The Morgan fingerprint density at radius 3 is 2.47 bits per heavy atom. The number of hydrogen-bond donors (Lipinski definition) is 2. The number of dihydropyridines is 1. The number of aliphatic hydroxyl groups is 1. The van der Waals surface area contributed by atoms with E-state index < -0.39 is 6.67 Å². The minimum absolute atomic E-state index is 0.0841. The van der Waals surface area contributed by atoms with E-state index in [1.54, 1.807) is 13.3 Å². The van der Waals surface area contributed by atoms with Crippen LogP contribution >= 0.6 is 0 Å². The first-order valence-electron chi connectivity index (χ1n) is 14.1. The molecule has 0 aromatic heterocycles. The van der Waals surface area contributed by atoms with Gasteiger partial charge in [-0.25, -0.2) is 4.39 Å². The number of rotatable bonds is 12. The third-order valence-corrected chi connectivity index (χ3v) is 5.76. The first-order chi connectivity index (χ1) is 18.5. The van der Waals surface area contributed by atoms with Crippen LogP contribution < -0.4 is 5.32 Å². The third-order valence-electron chi connectivity index (χ3n) is 5.76. The van der Waals surface area contributed by atoms with Gasteiger partial charge in [0.25, 0.3) is 0 Å². The largest absolute Gasteiger partial charge is 0.395 e. The van der Waals surface area contributed by atoms with Crippen molar-refractivity contribution in [1.29, 1.82) is 0 Å². The Bertz CT molecular complexity index is 753. The van der Waals surface area contributed by atoms with E-state index in [1.807, 2.05) is 39.3 Å². The van der Waals surface area contributed by atoms with Crippen LogP contribution in [0, 0.1) is 5.92 Å². The summed E-state index contributed by atoms with van der Waals surface area (Å²) in [7, 11) is 1.64. The molecule has 3 atom stereocenters. The molecule has 2 aliphatic rings. The maximum atomic E-state index is 12.0. The standard InChI is InChI=1S/C19H25FN2.C9H19NO.C2H5N.C2H6/c1-3-21-14-7-5-4-6-9-17(2)15-18-11-12-19(22-16-18)10-8-13-20;1-8-4-2-3-5-9(8)10-6-7-11;1-3-2;1-2/h3,6-11,14,16,19H,2,4-5,12-13,15H2,1H3;8-11H,2-7H2,1H3;1H2,2H3;1-2H3/b9-6+,10-8+,14-7+,21-3?;;;. The molecule has 3 unspecified atom stereocenters. The zero-order chi connectivity index (χ0) is 28.9. The average Bonchev–Trinajstić information content (AvgIpc) is 2.94. The van der Waals surface area contributed by atoms with Gasteiger partial charge in [-0.05, 0) is 63.7 Å². The van der Waals surface area contributed by atoms with Gasteiger partial charge in [-0.3, -0.25) is 9.98 Å². The molecule has 216 valence electrons. The van der Waals surface area contributed by atoms with Crippen molar-refractivity contribution in [3.63, 3.8) is 0 Å². The van der Waals surface area contributed by atoms with Crippen molar-refractivity contribution < 1.29 is 9.50 Å². The summed E-state index contributed by atoms with van der Waals surface area (Å²) < 4.78 is 12.0. The summed E-state index contributed by atoms with van der Waals surface area (Å²) in [5.41, 5.74) is 2.25. The van der Waals surface area contributed by atoms with Gasteiger partial charge in [0.05, 0.1) is 12.6 Å². The van der Waals surface area contributed by atoms with Crippen LogP contribution in [0.2, 0.25) is 0 Å². The number of hydrogen-bond acceptors (Lipinski definition) is 5. The SMILES string of the molecule is C=C(/C=C/CC/C=C/N=CC)CC1=CCC(/C=C/CF)N=C1.C=NC.CC.CC1CCCCC1NCCO. The fraction of sp³-hybridized carbons (Fsp3) is 0.594. The summed E-state index contributed by atoms with van der Waals surface area (Å²) in [5.74, 6) is 0.801. The third kappa shape index (κ3) is 22.7. The van der Waals surface area contributed by atoms with Gasteiger partial charge >= 0.3 is 0 Å². The van der Waals surface area contributed by atoms with Gasteiger partial charge < -0.3 is 15.4 Å². The van der Waals surface area contributed by atoms with Crippen molar-refractivity contribution in [3.8, 4) is 0 Å². The highest BCUT2D eigenvalue weighted by molar-refractivity contribution is 5.80. The lowest BCUT2D eigenvalue weighted by atomic mass is 9.86. The summed E-state index contributed by atoms with van der Waals surface area (Å²) in [4.78, 5) is 11.7. The Balaban J connectivity index is 0. The molecule has 1 aliphatic carbocycles. The van der Waals surface area contributed by atoms with Crippen molar-refractivity contribution in [2.45, 2.75) is 91.1 Å². The number of aliphatic imine (C=N–C) groups is 3. The van der Waals surface area contributed by atoms with E-state index >= 15 is 0 Å². The van der Waals surface area contributed by atoms with Gasteiger partial charge in [0.1, 0.15) is 6.67 Å². The van der Waals surface area contributed by atoms with Crippen molar-refractivity contribution in [2.24, 2.45) is 20.9 Å². The molecule has 2 rings (SSSR count). The van der Waals surface area contributed by atoms with Crippen LogP contribution in [0.3, 0.4) is 0 Å². The van der Waals surface area contributed by atoms with Gasteiger partial charge in [-0.1, -0.05) is 82.2 Å². The van der Waals surface area contributed by atoms with E-state index in [0.717, 1.165) is 43.7 Å². The maximum absolute atomic E-state index is 12.0. The molecule has 1 heterocycles. The van der Waals surface area contributed by atoms with E-state index in [0.29, 0.717) is 6.04 Å². The molecule has 0 amide bonds. The van der Waals surface area contributed by atoms with Gasteiger partial charge in [-0.15, -0.1) is 0 Å². The van der Waals surface area contributed by atoms with E-state index in [-0.39, 0.29) is 12.6 Å². The number of allylic oxidation sites excluding steroid dienone is 6. The fourth-order valence-corrected chi connectivity index (χ4v) is 3.89. The second kappa shape index (κ2) is 29.1. The van der Waals surface area contributed by atoms with E-state index in [1.165, 1.54) is 37.3 Å². The van der Waals surface area contributed by atoms with Crippen LogP contribution in [0.5, 0.6) is 0 Å². The maximum Gasteiger partial charge on any atom is 0.108 e. The molecule has 1 fully saturated rings. The van der Waals surface area contributed by atoms with Crippen LogP contribution in [0.25, 0.3) is 0 Å². The average molecular weight is 531 g/mol. The van der Waals surface area contributed by atoms with Crippen molar-refractivity contribution in [3.05, 3.63) is 60.4 Å². The Kier molecular flexibility index (Phi) is 28.9. The highest BCUT2D eigenvalue weighted by atomic mass is 19.1. The second-order valence-electron chi connectivity index (χ2n) is 8.91. The van der Waals surface area contributed by atoms with Crippen LogP contribution in [-0.2, 0) is 0 Å². The smallest absolute Gasteiger partial charge is 0.108 e. The molecule has 0 saturated heterocycles. The molecule has 0 bridgehead atoms. The van der Waals surface area contributed by atoms with Gasteiger partial charge in [-0.2, -0.15) is 0 Å². The molecule has 38 heavy (non-hydrogen) atoms. The monoisotopic (exact) mass is 530 g/mol. The molecule has 5 nitrogen and oxygen atoms in total. The predicted molar refractivity (Wildman–Crippen MR) is 169 cm³/mol. The molecule has 0 aromatic rings. The zero-order valence-electron chi connectivity index (χ0n) is 24.8. The first-order valence-corrected chi connectivity index (χ1v) is 14.1. The van der Waals surface area contributed by atoms with Crippen LogP contribution in [0.1, 0.15) is 79.1 Å². The highest BCUT2D eigenvalue weighted by Crippen LogP contribution is 2.23. The molecular formula is C32H55FN4O. The molecule has 6 heteroatoms. The molecule has 0 radical (unpaired) electrons. The van der Waals surface area contributed by atoms with E-state index in [2.05, 4.69) is 64.8 Å². The van der Waals surface area contributed by atoms with Crippen molar-refractivity contribution in [2.75, 3.05) is 26.9 Å². The number of alkyl halides is 1. The van der Waals surface area contributed by atoms with Gasteiger partial charge in [0, 0.05) is 38.3 Å². The lowest BCUT2D eigenvalue weighted by Gasteiger charge is -2.29. The number of nitrogens with one attached hydrogen (secondary N) is 1. The normalized spacial score (nSPS) is 20.8. The van der Waals surface area contributed by atoms with E-state index in [9.17, 15) is 4.39 Å². The fourth-order valence-electron chi connectivity index (χ4n) is 3.89. The van der Waals surface area contributed by atoms with Crippen LogP contribution in [0.4, 0.5) is 4.39 Å². The quantitative estimate of drug-likeness (QED) is 0.118. The number of aliphatic hydroxyl groups excluding tert-OH is 1. The summed E-state index contributed by atoms with van der Waals surface area (Å²) in [5, 5.41) is 12.0. The highest BCUT2D eigenvalue weighted by Gasteiger charge is 2.19. The summed E-state index contributed by atoms with van der Waals surface area (Å²) in [6, 6.07) is 0.747. The summed E-state index contributed by atoms with van der Waals surface area (Å²) in [6.45, 7) is 16.0. The van der Waals surface area contributed by atoms with Crippen molar-refractivity contribution in [1.82, 2.24) is 5.32 Å². The molecule has 2 N–H and O–H groups in total. The molecule has 1 aliphatic heterocycles. The van der Waals surface area contributed by atoms with Crippen molar-refractivity contribution >= 4 is 19.1 Å². The lowest BCUT2D eigenvalue weighted by molar-refractivity contribution is 0.241. The number of unbranched alkanes of at least 4 members (excludes halogenated alkanes) is 1. The Hall–Kier alpha value is -2.44. The molecule has 1 saturated carbocycles. The minimum atomic E-state index is -0.426. The van der Waals surface area contributed by atoms with E-state index in [4.69, 9.17) is 5.11 Å². The molecule has 0 spiro atoms. The molecular weight excluding hydrogens is 475 g/mol. The van der Waals surface area contributed by atoms with Crippen LogP contribution in [0.15, 0.2) is 75.4 Å². The lowest BCUT2D eigenvalue weighted by Crippen LogP contribution is -2.38. The number of nitrogens with zero attached hydrogens (tertiary/aromatic N) is 3. The summed E-state index contributed by atoms with van der Waals surface area (Å²) in [6.07, 6.45) is 26.2. The summed E-state index contributed by atoms with van der Waals surface area (Å²) >= 11 is 0. The van der Waals surface area contributed by atoms with Crippen LogP contribution in [-0.4, -0.2) is 63.2 Å². The van der Waals surface area contributed by atoms with Gasteiger partial charge in [0.2, 0.25) is 0 Å².